The average molecular weight is 640 g/mol. The van der Waals surface area contributed by atoms with Gasteiger partial charge in [-0.25, -0.2) is 9.59 Å². The first-order valence-corrected chi connectivity index (χ1v) is 16.2. The lowest BCUT2D eigenvalue weighted by Crippen LogP contribution is -2.59. The molecule has 0 aliphatic heterocycles. The molecule has 2 N–H and O–H groups in total. The number of carbonyl (C=O) groups excluding carboxylic acids is 4. The molecule has 3 rings (SSSR count). The molecule has 1 aliphatic carbocycles. The van der Waals surface area contributed by atoms with Crippen LogP contribution in [0.3, 0.4) is 0 Å². The van der Waals surface area contributed by atoms with E-state index in [2.05, 4.69) is 23.3 Å². The van der Waals surface area contributed by atoms with E-state index in [0.717, 1.165) is 23.1 Å². The van der Waals surface area contributed by atoms with Gasteiger partial charge in [-0.05, 0) is 96.9 Å². The first-order chi connectivity index (χ1) is 21.0. The van der Waals surface area contributed by atoms with Gasteiger partial charge in [0, 0.05) is 18.2 Å². The number of nitrogens with one attached hydrogen (secondary N) is 2. The van der Waals surface area contributed by atoms with Crippen LogP contribution in [0.15, 0.2) is 48.5 Å². The highest BCUT2D eigenvalue weighted by Gasteiger charge is 2.43. The monoisotopic (exact) mass is 639 g/mol. The van der Waals surface area contributed by atoms with Crippen LogP contribution < -0.4 is 10.6 Å². The van der Waals surface area contributed by atoms with E-state index in [4.69, 9.17) is 9.47 Å². The summed E-state index contributed by atoms with van der Waals surface area (Å²) in [6, 6.07) is 11.6. The lowest BCUT2D eigenvalue weighted by molar-refractivity contribution is -0.159. The molecule has 45 heavy (non-hydrogen) atoms. The molecular formula is C35H49N3O6S. The second-order valence-corrected chi connectivity index (χ2v) is 14.1. The zero-order valence-corrected chi connectivity index (χ0v) is 28.7. The van der Waals surface area contributed by atoms with E-state index in [1.165, 1.54) is 0 Å². The number of thiol groups is 1. The Morgan fingerprint density at radius 1 is 0.867 bits per heavy atom. The second kappa shape index (κ2) is 15.2. The van der Waals surface area contributed by atoms with Crippen molar-refractivity contribution in [1.29, 1.82) is 0 Å². The van der Waals surface area contributed by atoms with E-state index < -0.39 is 53.2 Å². The third-order valence-electron chi connectivity index (χ3n) is 7.65. The fourth-order valence-corrected chi connectivity index (χ4v) is 5.40. The third kappa shape index (κ3) is 10.2. The van der Waals surface area contributed by atoms with E-state index in [1.54, 1.807) is 46.4 Å². The van der Waals surface area contributed by atoms with Gasteiger partial charge in [-0.1, -0.05) is 48.5 Å². The van der Waals surface area contributed by atoms with Crippen molar-refractivity contribution in [2.45, 2.75) is 116 Å². The standard InChI is InChI=1S/C35H49N3O6S/c1-22-14-12-19-26(23(22)2)29(30(39)36-27(32(41)43-34(3,4)5)20-24-15-10-9-11-16-24)38(25-17-13-18-25)31(40)28(21-45)37-33(42)44-35(6,7)8/h9-12,14-16,19,25,27-29,45H,13,17-18,20-21H2,1-8H3,(H,36,39)(H,37,42). The van der Waals surface area contributed by atoms with Crippen LogP contribution in [0.4, 0.5) is 4.79 Å². The topological polar surface area (TPSA) is 114 Å². The SMILES string of the molecule is Cc1cccc(C(C(=O)NC(Cc2ccccc2)C(=O)OC(C)(C)C)N(C(=O)C(CS)NC(=O)OC(C)(C)C)C2CCC2)c1C. The molecule has 2 aromatic rings. The number of nitrogens with zero attached hydrogens (tertiary/aromatic N) is 1. The Morgan fingerprint density at radius 2 is 1.49 bits per heavy atom. The summed E-state index contributed by atoms with van der Waals surface area (Å²) in [5.41, 5.74) is 1.76. The molecule has 3 amide bonds. The van der Waals surface area contributed by atoms with Gasteiger partial charge >= 0.3 is 12.1 Å². The van der Waals surface area contributed by atoms with E-state index in [1.807, 2.05) is 62.4 Å². The van der Waals surface area contributed by atoms with Gasteiger partial charge in [-0.15, -0.1) is 0 Å². The van der Waals surface area contributed by atoms with E-state index in [-0.39, 0.29) is 18.2 Å². The van der Waals surface area contributed by atoms with Gasteiger partial charge in [0.05, 0.1) is 0 Å². The summed E-state index contributed by atoms with van der Waals surface area (Å²) in [6.07, 6.45) is 1.76. The molecule has 10 heteroatoms. The van der Waals surface area contributed by atoms with Gasteiger partial charge in [-0.2, -0.15) is 12.6 Å². The maximum absolute atomic E-state index is 14.5. The minimum Gasteiger partial charge on any atom is -0.458 e. The number of rotatable bonds is 11. The predicted molar refractivity (Wildman–Crippen MR) is 178 cm³/mol. The van der Waals surface area contributed by atoms with Crippen LogP contribution in [0, 0.1) is 13.8 Å². The summed E-state index contributed by atoms with van der Waals surface area (Å²) in [6.45, 7) is 14.4. The van der Waals surface area contributed by atoms with Crippen molar-refractivity contribution in [3.05, 3.63) is 70.8 Å². The number of hydrogen-bond acceptors (Lipinski definition) is 7. The summed E-state index contributed by atoms with van der Waals surface area (Å²) >= 11 is 4.39. The normalized spacial score (nSPS) is 15.6. The first kappa shape index (κ1) is 35.9. The van der Waals surface area contributed by atoms with Crippen LogP contribution in [-0.2, 0) is 30.3 Å². The quantitative estimate of drug-likeness (QED) is 0.217. The Bertz CT molecular complexity index is 1350. The van der Waals surface area contributed by atoms with Gasteiger partial charge in [0.1, 0.15) is 29.3 Å². The summed E-state index contributed by atoms with van der Waals surface area (Å²) in [7, 11) is 0. The van der Waals surface area contributed by atoms with Crippen molar-refractivity contribution >= 4 is 36.5 Å². The summed E-state index contributed by atoms with van der Waals surface area (Å²) in [4.78, 5) is 56.7. The number of esters is 1. The molecule has 0 aromatic heterocycles. The van der Waals surface area contributed by atoms with Crippen molar-refractivity contribution in [1.82, 2.24) is 15.5 Å². The second-order valence-electron chi connectivity index (χ2n) is 13.7. The van der Waals surface area contributed by atoms with Crippen molar-refractivity contribution in [3.63, 3.8) is 0 Å². The molecule has 0 heterocycles. The number of alkyl carbamates (subject to hydrolysis) is 1. The predicted octanol–water partition coefficient (Wildman–Crippen LogP) is 5.62. The Morgan fingerprint density at radius 3 is 2.02 bits per heavy atom. The van der Waals surface area contributed by atoms with E-state index >= 15 is 0 Å². The zero-order chi connectivity index (χ0) is 33.5. The molecule has 2 aromatic carbocycles. The lowest BCUT2D eigenvalue weighted by atomic mass is 9.86. The van der Waals surface area contributed by atoms with Crippen molar-refractivity contribution < 1.29 is 28.7 Å². The van der Waals surface area contributed by atoms with Crippen molar-refractivity contribution in [2.75, 3.05) is 5.75 Å². The summed E-state index contributed by atoms with van der Waals surface area (Å²) < 4.78 is 11.1. The largest absolute Gasteiger partial charge is 0.458 e. The zero-order valence-electron chi connectivity index (χ0n) is 27.8. The smallest absolute Gasteiger partial charge is 0.408 e. The number of benzene rings is 2. The van der Waals surface area contributed by atoms with Crippen LogP contribution in [0.1, 0.15) is 89.1 Å². The number of aryl methyl sites for hydroxylation is 1. The average Bonchev–Trinajstić information content (AvgIpc) is 2.90. The number of carbonyl (C=O) groups is 4. The lowest BCUT2D eigenvalue weighted by Gasteiger charge is -2.44. The molecule has 1 saturated carbocycles. The van der Waals surface area contributed by atoms with Crippen LogP contribution in [0.5, 0.6) is 0 Å². The number of amides is 3. The maximum Gasteiger partial charge on any atom is 0.408 e. The van der Waals surface area contributed by atoms with Crippen LogP contribution in [0.25, 0.3) is 0 Å². The van der Waals surface area contributed by atoms with E-state index in [9.17, 15) is 19.2 Å². The Hall–Kier alpha value is -3.53. The fraction of sp³-hybridized carbons (Fsp3) is 0.543. The van der Waals surface area contributed by atoms with Crippen molar-refractivity contribution in [2.24, 2.45) is 0 Å². The highest BCUT2D eigenvalue weighted by molar-refractivity contribution is 7.80. The fourth-order valence-electron chi connectivity index (χ4n) is 5.15. The molecule has 0 saturated heterocycles. The van der Waals surface area contributed by atoms with Gasteiger partial charge in [0.25, 0.3) is 0 Å². The molecule has 0 spiro atoms. The summed E-state index contributed by atoms with van der Waals surface area (Å²) in [5, 5.41) is 5.62. The Labute approximate surface area is 273 Å². The minimum absolute atomic E-state index is 0.00300. The molecular weight excluding hydrogens is 590 g/mol. The van der Waals surface area contributed by atoms with Gasteiger partial charge in [0.15, 0.2) is 0 Å². The van der Waals surface area contributed by atoms with Crippen molar-refractivity contribution in [3.8, 4) is 0 Å². The van der Waals surface area contributed by atoms with Crippen LogP contribution in [0.2, 0.25) is 0 Å². The Balaban J connectivity index is 2.06. The molecule has 3 unspecified atom stereocenters. The van der Waals surface area contributed by atoms with E-state index in [0.29, 0.717) is 18.4 Å². The minimum atomic E-state index is -1.08. The van der Waals surface area contributed by atoms with Gasteiger partial charge in [-0.3, -0.25) is 9.59 Å². The molecule has 0 radical (unpaired) electrons. The summed E-state index contributed by atoms with van der Waals surface area (Å²) in [5.74, 6) is -1.53. The van der Waals surface area contributed by atoms with Gasteiger partial charge in [0.2, 0.25) is 11.8 Å². The molecule has 0 bridgehead atoms. The third-order valence-corrected chi connectivity index (χ3v) is 8.02. The first-order valence-electron chi connectivity index (χ1n) is 15.6. The molecule has 246 valence electrons. The molecule has 1 fully saturated rings. The highest BCUT2D eigenvalue weighted by Crippen LogP contribution is 2.35. The number of ether oxygens (including phenoxy) is 2. The maximum atomic E-state index is 14.5. The molecule has 9 nitrogen and oxygen atoms in total. The molecule has 3 atom stereocenters. The number of hydrogen-bond donors (Lipinski definition) is 3. The van der Waals surface area contributed by atoms with Gasteiger partial charge < -0.3 is 25.0 Å². The highest BCUT2D eigenvalue weighted by atomic mass is 32.1. The Kier molecular flexibility index (Phi) is 12.1. The van der Waals surface area contributed by atoms with Crippen LogP contribution in [-0.4, -0.2) is 63.9 Å². The van der Waals surface area contributed by atoms with Crippen LogP contribution >= 0.6 is 12.6 Å². The molecule has 1 aliphatic rings.